The third-order valence-corrected chi connectivity index (χ3v) is 7.11. The minimum atomic E-state index is -0.0541. The minimum Gasteiger partial charge on any atom is -0.381 e. The van der Waals surface area contributed by atoms with Crippen LogP contribution in [0.3, 0.4) is 0 Å². The lowest BCUT2D eigenvalue weighted by Crippen LogP contribution is -2.52. The molecule has 2 aliphatic rings. The zero-order valence-electron chi connectivity index (χ0n) is 20.2. The first-order valence-corrected chi connectivity index (χ1v) is 12.3. The molecule has 1 atom stereocenters. The van der Waals surface area contributed by atoms with Gasteiger partial charge in [0, 0.05) is 64.9 Å². The molecular weight excluding hydrogens is 450 g/mol. The molecule has 1 saturated heterocycles. The molecule has 0 spiro atoms. The van der Waals surface area contributed by atoms with Gasteiger partial charge < -0.3 is 10.2 Å². The van der Waals surface area contributed by atoms with Gasteiger partial charge in [0.05, 0.1) is 32.8 Å². The zero-order chi connectivity index (χ0) is 24.6. The van der Waals surface area contributed by atoms with Crippen LogP contribution < -0.4 is 5.90 Å². The van der Waals surface area contributed by atoms with Crippen LogP contribution in [0.4, 0.5) is 0 Å². The summed E-state index contributed by atoms with van der Waals surface area (Å²) < 4.78 is 0. The second kappa shape index (κ2) is 17.8. The molecule has 13 nitrogen and oxygen atoms in total. The topological polar surface area (TPSA) is 157 Å². The van der Waals surface area contributed by atoms with Gasteiger partial charge in [0.2, 0.25) is 0 Å². The van der Waals surface area contributed by atoms with Gasteiger partial charge in [-0.3, -0.25) is 30.1 Å². The molecule has 1 saturated carbocycles. The van der Waals surface area contributed by atoms with Crippen molar-refractivity contribution in [1.29, 1.82) is 0 Å². The minimum absolute atomic E-state index is 0.0252. The predicted octanol–water partition coefficient (Wildman–Crippen LogP) is -0.774. The van der Waals surface area contributed by atoms with Crippen LogP contribution in [0.25, 0.3) is 0 Å². The molecule has 2 rings (SSSR count). The molecule has 0 radical (unpaired) electrons. The van der Waals surface area contributed by atoms with Crippen molar-refractivity contribution in [3.8, 4) is 0 Å². The average Bonchev–Trinajstić information content (AvgIpc) is 2.85. The fourth-order valence-electron chi connectivity index (χ4n) is 5.01. The van der Waals surface area contributed by atoms with E-state index >= 15 is 0 Å². The van der Waals surface area contributed by atoms with Gasteiger partial charge in [-0.15, -0.1) is 4.99 Å². The van der Waals surface area contributed by atoms with Crippen molar-refractivity contribution >= 4 is 0 Å². The van der Waals surface area contributed by atoms with Gasteiger partial charge in [-0.2, -0.15) is 5.90 Å². The quantitative estimate of drug-likeness (QED) is 0.170. The summed E-state index contributed by atoms with van der Waals surface area (Å²) >= 11 is 0. The van der Waals surface area contributed by atoms with Crippen LogP contribution in [0.15, 0.2) is 0 Å². The number of nitrogens with zero attached hydrogens (tertiary/aromatic N) is 4. The highest BCUT2D eigenvalue weighted by molar-refractivity contribution is 4.83. The molecule has 0 bridgehead atoms. The summed E-state index contributed by atoms with van der Waals surface area (Å²) in [6.07, 6.45) is 4.78. The van der Waals surface area contributed by atoms with Gasteiger partial charge in [-0.25, -0.2) is 14.7 Å². The van der Waals surface area contributed by atoms with Crippen LogP contribution in [0, 0.1) is 5.92 Å². The summed E-state index contributed by atoms with van der Waals surface area (Å²) in [6, 6.07) is 0.171. The Labute approximate surface area is 202 Å². The Morgan fingerprint density at radius 2 is 1.29 bits per heavy atom. The molecule has 1 aliphatic heterocycles. The van der Waals surface area contributed by atoms with Crippen LogP contribution in [0.1, 0.15) is 32.1 Å². The van der Waals surface area contributed by atoms with Gasteiger partial charge >= 0.3 is 0 Å². The molecule has 1 aliphatic carbocycles. The molecule has 2 fully saturated rings. The van der Waals surface area contributed by atoms with Crippen LogP contribution >= 0.6 is 0 Å². The predicted molar refractivity (Wildman–Crippen MR) is 123 cm³/mol. The number of nitrogens with two attached hydrogens (primary N) is 1. The lowest BCUT2D eigenvalue weighted by atomic mass is 9.83. The number of hydrogen-bond acceptors (Lipinski definition) is 13. The van der Waals surface area contributed by atoms with Gasteiger partial charge in [-0.05, 0) is 38.0 Å². The van der Waals surface area contributed by atoms with E-state index in [9.17, 15) is 10.2 Å². The normalized spacial score (nSPS) is 28.0. The Hall–Kier alpha value is -0.520. The van der Waals surface area contributed by atoms with E-state index in [1.807, 2.05) is 9.80 Å². The van der Waals surface area contributed by atoms with Crippen molar-refractivity contribution in [2.75, 3.05) is 85.6 Å². The molecule has 1 heterocycles. The third kappa shape index (κ3) is 11.0. The average molecular weight is 496 g/mol. The summed E-state index contributed by atoms with van der Waals surface area (Å²) in [7, 11) is 0. The van der Waals surface area contributed by atoms with E-state index in [1.165, 1.54) is 0 Å². The van der Waals surface area contributed by atoms with Crippen molar-refractivity contribution in [2.24, 2.45) is 11.8 Å². The van der Waals surface area contributed by atoms with E-state index in [-0.39, 0.29) is 38.8 Å². The summed E-state index contributed by atoms with van der Waals surface area (Å²) in [4.78, 5) is 26.8. The highest BCUT2D eigenvalue weighted by Crippen LogP contribution is 2.31. The van der Waals surface area contributed by atoms with E-state index in [0.29, 0.717) is 58.3 Å². The third-order valence-electron chi connectivity index (χ3n) is 7.11. The lowest BCUT2D eigenvalue weighted by Gasteiger charge is -2.40. The maximum absolute atomic E-state index is 9.84. The molecule has 0 aromatic rings. The number of aliphatic hydroxyl groups is 2. The van der Waals surface area contributed by atoms with E-state index in [0.717, 1.165) is 38.6 Å². The first-order valence-electron chi connectivity index (χ1n) is 12.3. The maximum Gasteiger partial charge on any atom is 0.0957 e. The summed E-state index contributed by atoms with van der Waals surface area (Å²) in [6.45, 7) is 6.18. The lowest BCUT2D eigenvalue weighted by molar-refractivity contribution is -0.334. The summed E-state index contributed by atoms with van der Waals surface area (Å²) in [5, 5.41) is 37.6. The van der Waals surface area contributed by atoms with E-state index in [2.05, 4.69) is 24.6 Å². The van der Waals surface area contributed by atoms with E-state index < -0.39 is 0 Å². The van der Waals surface area contributed by atoms with Gasteiger partial charge in [-0.1, -0.05) is 0 Å². The van der Waals surface area contributed by atoms with Gasteiger partial charge in [0.25, 0.3) is 0 Å². The SMILES string of the molecule is NOOC1CCC(CC2CN(CCOO)CCN(CO)CCN(CO)CCN2CCOO)CC1. The standard InChI is InChI=1S/C21H45N5O8/c22-34-33-21-3-1-19(2-4-21)15-20-16-23(11-13-31-29)5-6-24(17-27)7-8-25(18-28)9-10-26(20)12-14-32-30/h19-21,27-30H,1-18,22H2. The monoisotopic (exact) mass is 495 g/mol. The molecule has 202 valence electrons. The van der Waals surface area contributed by atoms with Gasteiger partial charge in [0.1, 0.15) is 0 Å². The second-order valence-corrected chi connectivity index (χ2v) is 9.25. The Morgan fingerprint density at radius 3 is 1.85 bits per heavy atom. The molecule has 6 N–H and O–H groups in total. The van der Waals surface area contributed by atoms with Gasteiger partial charge in [0.15, 0.2) is 0 Å². The first-order chi connectivity index (χ1) is 16.6. The largest absolute Gasteiger partial charge is 0.381 e. The van der Waals surface area contributed by atoms with Crippen molar-refractivity contribution in [3.05, 3.63) is 0 Å². The Morgan fingerprint density at radius 1 is 0.735 bits per heavy atom. The fourth-order valence-corrected chi connectivity index (χ4v) is 5.01. The Bertz CT molecular complexity index is 504. The van der Waals surface area contributed by atoms with Crippen LogP contribution in [-0.2, 0) is 19.7 Å². The van der Waals surface area contributed by atoms with E-state index in [1.54, 1.807) is 0 Å². The smallest absolute Gasteiger partial charge is 0.0957 e. The molecule has 13 heteroatoms. The molecule has 0 aromatic carbocycles. The van der Waals surface area contributed by atoms with E-state index in [4.69, 9.17) is 21.3 Å². The van der Waals surface area contributed by atoms with Crippen LogP contribution in [0.2, 0.25) is 0 Å². The molecule has 0 amide bonds. The fraction of sp³-hybridized carbons (Fsp3) is 1.00. The zero-order valence-corrected chi connectivity index (χ0v) is 20.2. The summed E-state index contributed by atoms with van der Waals surface area (Å²) in [5.41, 5.74) is 0. The molecule has 0 aromatic heterocycles. The van der Waals surface area contributed by atoms with Crippen LogP contribution in [-0.4, -0.2) is 138 Å². The van der Waals surface area contributed by atoms with Crippen molar-refractivity contribution < 1.29 is 40.4 Å². The molecule has 34 heavy (non-hydrogen) atoms. The van der Waals surface area contributed by atoms with Crippen molar-refractivity contribution in [3.63, 3.8) is 0 Å². The number of rotatable bonds is 12. The molecule has 1 unspecified atom stereocenters. The Kier molecular flexibility index (Phi) is 15.6. The number of hydrogen-bond donors (Lipinski definition) is 5. The Balaban J connectivity index is 2.15. The molecular formula is C21H45N5O8. The highest BCUT2D eigenvalue weighted by Gasteiger charge is 2.29. The van der Waals surface area contributed by atoms with Crippen molar-refractivity contribution in [1.82, 2.24) is 19.6 Å². The first kappa shape index (κ1) is 29.7. The highest BCUT2D eigenvalue weighted by atomic mass is 17.3. The maximum atomic E-state index is 9.84. The second-order valence-electron chi connectivity index (χ2n) is 9.25. The van der Waals surface area contributed by atoms with Crippen LogP contribution in [0.5, 0.6) is 0 Å². The number of aliphatic hydroxyl groups excluding tert-OH is 2. The summed E-state index contributed by atoms with van der Waals surface area (Å²) in [5.74, 6) is 5.56. The van der Waals surface area contributed by atoms with Crippen molar-refractivity contribution in [2.45, 2.75) is 44.2 Å².